The molecular weight excluding hydrogens is 354 g/mol. The third kappa shape index (κ3) is 2.97. The van der Waals surface area contributed by atoms with Crippen molar-refractivity contribution in [3.63, 3.8) is 0 Å². The summed E-state index contributed by atoms with van der Waals surface area (Å²) >= 11 is 0. The van der Waals surface area contributed by atoms with Crippen molar-refractivity contribution in [2.24, 2.45) is 0 Å². The van der Waals surface area contributed by atoms with Gasteiger partial charge >= 0.3 is 0 Å². The quantitative estimate of drug-likeness (QED) is 0.884. The number of piperidine rings is 1. The number of benzene rings is 1. The molecular formula is C21H21N5O2. The number of nitrogens with zero attached hydrogens (tertiary/aromatic N) is 4. The summed E-state index contributed by atoms with van der Waals surface area (Å²) in [4.78, 5) is 33.4. The fourth-order valence-corrected chi connectivity index (χ4v) is 4.27. The second-order valence-electron chi connectivity index (χ2n) is 7.15. The Morgan fingerprint density at radius 3 is 2.82 bits per heavy atom. The molecule has 1 aromatic heterocycles. The largest absolute Gasteiger partial charge is 0.383 e. The Hall–Kier alpha value is -3.40. The minimum atomic E-state index is -0.491. The van der Waals surface area contributed by atoms with Gasteiger partial charge in [-0.2, -0.15) is 5.26 Å². The molecule has 2 aliphatic rings. The number of hydrogen-bond donors (Lipinski definition) is 1. The summed E-state index contributed by atoms with van der Waals surface area (Å²) in [5.41, 5.74) is 8.56. The van der Waals surface area contributed by atoms with E-state index in [0.717, 1.165) is 29.7 Å². The average Bonchev–Trinajstić information content (AvgIpc) is 3.02. The standard InChI is InChI=1S/C21H21N5O2/c22-10-8-17(27)25-12-4-7-15(13-25)26-16-9-11-24-20(23)19(16)18(21(26)28)14-5-2-1-3-6-14/h1-3,5-6,9,11,15,18H,4,7-8,12-13H2,(H2,23,24)/t15-,18?/m1/s1. The Morgan fingerprint density at radius 1 is 1.29 bits per heavy atom. The van der Waals surface area contributed by atoms with Crippen LogP contribution >= 0.6 is 0 Å². The molecule has 7 heteroatoms. The molecule has 1 fully saturated rings. The van der Waals surface area contributed by atoms with Crippen LogP contribution in [0.3, 0.4) is 0 Å². The van der Waals surface area contributed by atoms with Crippen molar-refractivity contribution < 1.29 is 9.59 Å². The molecule has 4 rings (SSSR count). The molecule has 1 aromatic carbocycles. The first-order valence-corrected chi connectivity index (χ1v) is 9.39. The number of rotatable bonds is 3. The van der Waals surface area contributed by atoms with Gasteiger partial charge in [0.15, 0.2) is 0 Å². The van der Waals surface area contributed by atoms with Gasteiger partial charge in [-0.15, -0.1) is 0 Å². The van der Waals surface area contributed by atoms with Gasteiger partial charge < -0.3 is 15.5 Å². The monoisotopic (exact) mass is 375 g/mol. The number of hydrogen-bond acceptors (Lipinski definition) is 5. The van der Waals surface area contributed by atoms with Crippen LogP contribution in [-0.2, 0) is 9.59 Å². The van der Waals surface area contributed by atoms with Crippen LogP contribution in [0, 0.1) is 11.3 Å². The number of carbonyl (C=O) groups excluding carboxylic acids is 2. The topological polar surface area (TPSA) is 103 Å². The van der Waals surface area contributed by atoms with E-state index in [9.17, 15) is 9.59 Å². The van der Waals surface area contributed by atoms with Gasteiger partial charge in [-0.05, 0) is 24.5 Å². The molecule has 1 unspecified atom stereocenters. The highest BCUT2D eigenvalue weighted by Crippen LogP contribution is 2.45. The number of likely N-dealkylation sites (tertiary alicyclic amines) is 1. The number of nitrogens with two attached hydrogens (primary N) is 1. The summed E-state index contributed by atoms with van der Waals surface area (Å²) in [7, 11) is 0. The minimum absolute atomic E-state index is 0.0412. The predicted molar refractivity (Wildman–Crippen MR) is 104 cm³/mol. The zero-order valence-electron chi connectivity index (χ0n) is 15.4. The first-order chi connectivity index (χ1) is 13.6. The molecule has 0 radical (unpaired) electrons. The van der Waals surface area contributed by atoms with Crippen molar-refractivity contribution in [2.75, 3.05) is 23.7 Å². The van der Waals surface area contributed by atoms with Crippen molar-refractivity contribution in [1.29, 1.82) is 5.26 Å². The lowest BCUT2D eigenvalue weighted by atomic mass is 9.93. The van der Waals surface area contributed by atoms with E-state index in [2.05, 4.69) is 4.98 Å². The fraction of sp³-hybridized carbons (Fsp3) is 0.333. The summed E-state index contributed by atoms with van der Waals surface area (Å²) < 4.78 is 0. The second kappa shape index (κ2) is 7.31. The molecule has 0 bridgehead atoms. The molecule has 0 spiro atoms. The van der Waals surface area contributed by atoms with Gasteiger partial charge in [0, 0.05) is 24.8 Å². The van der Waals surface area contributed by atoms with Crippen LogP contribution < -0.4 is 10.6 Å². The Balaban J connectivity index is 1.71. The van der Waals surface area contributed by atoms with Crippen LogP contribution in [0.25, 0.3) is 0 Å². The van der Waals surface area contributed by atoms with E-state index in [1.807, 2.05) is 42.5 Å². The minimum Gasteiger partial charge on any atom is -0.383 e. The van der Waals surface area contributed by atoms with Crippen molar-refractivity contribution in [3.05, 3.63) is 53.7 Å². The van der Waals surface area contributed by atoms with Crippen molar-refractivity contribution in [3.8, 4) is 6.07 Å². The second-order valence-corrected chi connectivity index (χ2v) is 7.15. The summed E-state index contributed by atoms with van der Waals surface area (Å²) in [5, 5.41) is 8.83. The van der Waals surface area contributed by atoms with Crippen LogP contribution in [0.15, 0.2) is 42.6 Å². The number of nitriles is 1. The van der Waals surface area contributed by atoms with E-state index in [-0.39, 0.29) is 24.3 Å². The Labute approximate surface area is 163 Å². The number of fused-ring (bicyclic) bond motifs is 1. The molecule has 3 heterocycles. The number of amides is 2. The van der Waals surface area contributed by atoms with Crippen LogP contribution in [-0.4, -0.2) is 40.8 Å². The molecule has 2 aliphatic heterocycles. The van der Waals surface area contributed by atoms with Gasteiger partial charge in [-0.25, -0.2) is 4.98 Å². The first kappa shape index (κ1) is 18.0. The predicted octanol–water partition coefficient (Wildman–Crippen LogP) is 2.05. The van der Waals surface area contributed by atoms with Crippen molar-refractivity contribution >= 4 is 23.3 Å². The Bertz CT molecular complexity index is 953. The lowest BCUT2D eigenvalue weighted by molar-refractivity contribution is -0.132. The summed E-state index contributed by atoms with van der Waals surface area (Å²) in [6.07, 6.45) is 3.06. The molecule has 1 saturated heterocycles. The van der Waals surface area contributed by atoms with Crippen molar-refractivity contribution in [1.82, 2.24) is 9.88 Å². The molecule has 0 aliphatic carbocycles. The smallest absolute Gasteiger partial charge is 0.239 e. The highest BCUT2D eigenvalue weighted by molar-refractivity contribution is 6.08. The fourth-order valence-electron chi connectivity index (χ4n) is 4.27. The van der Waals surface area contributed by atoms with E-state index in [1.54, 1.807) is 16.0 Å². The third-order valence-corrected chi connectivity index (χ3v) is 5.51. The van der Waals surface area contributed by atoms with E-state index in [1.165, 1.54) is 0 Å². The van der Waals surface area contributed by atoms with Crippen LogP contribution in [0.5, 0.6) is 0 Å². The highest BCUT2D eigenvalue weighted by atomic mass is 16.2. The zero-order chi connectivity index (χ0) is 19.7. The molecule has 7 nitrogen and oxygen atoms in total. The van der Waals surface area contributed by atoms with Gasteiger partial charge in [0.1, 0.15) is 12.2 Å². The van der Waals surface area contributed by atoms with Crippen LogP contribution in [0.1, 0.15) is 36.3 Å². The maximum absolute atomic E-state index is 13.5. The lowest BCUT2D eigenvalue weighted by Crippen LogP contribution is -2.51. The van der Waals surface area contributed by atoms with Gasteiger partial charge in [0.05, 0.1) is 23.7 Å². The SMILES string of the molecule is N#CCC(=O)N1CCC[C@@H](N2C(=O)C(c3ccccc3)c3c2ccnc3N)C1. The molecule has 28 heavy (non-hydrogen) atoms. The molecule has 2 amide bonds. The molecule has 142 valence electrons. The van der Waals surface area contributed by atoms with Gasteiger partial charge in [0.25, 0.3) is 0 Å². The zero-order valence-corrected chi connectivity index (χ0v) is 15.4. The van der Waals surface area contributed by atoms with Crippen molar-refractivity contribution in [2.45, 2.75) is 31.2 Å². The molecule has 2 atom stereocenters. The Kier molecular flexibility index (Phi) is 4.70. The number of pyridine rings is 1. The first-order valence-electron chi connectivity index (χ1n) is 9.39. The maximum atomic E-state index is 13.5. The number of anilines is 2. The van der Waals surface area contributed by atoms with Gasteiger partial charge in [-0.1, -0.05) is 30.3 Å². The van der Waals surface area contributed by atoms with Crippen LogP contribution in [0.2, 0.25) is 0 Å². The molecule has 2 N–H and O–H groups in total. The number of nitrogen functional groups attached to an aromatic ring is 1. The Morgan fingerprint density at radius 2 is 2.07 bits per heavy atom. The lowest BCUT2D eigenvalue weighted by Gasteiger charge is -2.37. The van der Waals surface area contributed by atoms with Gasteiger partial charge in [-0.3, -0.25) is 9.59 Å². The normalized spacial score (nSPS) is 21.3. The van der Waals surface area contributed by atoms with E-state index in [4.69, 9.17) is 11.0 Å². The van der Waals surface area contributed by atoms with E-state index in [0.29, 0.717) is 18.9 Å². The molecule has 0 saturated carbocycles. The summed E-state index contributed by atoms with van der Waals surface area (Å²) in [5.74, 6) is -0.362. The number of carbonyl (C=O) groups is 2. The molecule has 2 aromatic rings. The summed E-state index contributed by atoms with van der Waals surface area (Å²) in [6, 6.07) is 13.2. The van der Waals surface area contributed by atoms with Crippen LogP contribution in [0.4, 0.5) is 11.5 Å². The highest BCUT2D eigenvalue weighted by Gasteiger charge is 2.44. The van der Waals surface area contributed by atoms with E-state index < -0.39 is 5.92 Å². The summed E-state index contributed by atoms with van der Waals surface area (Å²) in [6.45, 7) is 1.04. The van der Waals surface area contributed by atoms with E-state index >= 15 is 0 Å². The average molecular weight is 375 g/mol. The number of aromatic nitrogens is 1. The maximum Gasteiger partial charge on any atom is 0.239 e. The van der Waals surface area contributed by atoms with Gasteiger partial charge in [0.2, 0.25) is 11.8 Å². The third-order valence-electron chi connectivity index (χ3n) is 5.51.